The van der Waals surface area contributed by atoms with E-state index in [9.17, 15) is 29.3 Å². The summed E-state index contributed by atoms with van der Waals surface area (Å²) in [4.78, 5) is 64.1. The third-order valence-electron chi connectivity index (χ3n) is 5.95. The number of amides is 3. The SMILES string of the molecule is CC(=O)Oc1ccc(N2C(=O)CC(N(CCc3cccc(Cl)c3)C(=O)c3cccc([N+](=O)[O-])c3)C2=O)cc1. The van der Waals surface area contributed by atoms with Crippen molar-refractivity contribution in [2.45, 2.75) is 25.8 Å². The number of esters is 1. The second-order valence-corrected chi connectivity index (χ2v) is 9.00. The van der Waals surface area contributed by atoms with Gasteiger partial charge in [0.05, 0.1) is 17.0 Å². The number of rotatable bonds is 8. The van der Waals surface area contributed by atoms with Crippen LogP contribution in [-0.4, -0.2) is 46.1 Å². The maximum Gasteiger partial charge on any atom is 0.308 e. The van der Waals surface area contributed by atoms with E-state index in [1.165, 1.54) is 54.3 Å². The van der Waals surface area contributed by atoms with Crippen LogP contribution in [-0.2, 0) is 20.8 Å². The van der Waals surface area contributed by atoms with Crippen molar-refractivity contribution in [2.75, 3.05) is 11.4 Å². The van der Waals surface area contributed by atoms with Crippen LogP contribution >= 0.6 is 11.6 Å². The highest BCUT2D eigenvalue weighted by atomic mass is 35.5. The van der Waals surface area contributed by atoms with Crippen molar-refractivity contribution in [1.29, 1.82) is 0 Å². The Kier molecular flexibility index (Phi) is 7.82. The summed E-state index contributed by atoms with van der Waals surface area (Å²) in [6.45, 7) is 1.31. The van der Waals surface area contributed by atoms with E-state index >= 15 is 0 Å². The summed E-state index contributed by atoms with van der Waals surface area (Å²) < 4.78 is 5.00. The fourth-order valence-electron chi connectivity index (χ4n) is 4.22. The fraction of sp³-hybridized carbons (Fsp3) is 0.185. The van der Waals surface area contributed by atoms with Crippen LogP contribution in [0.2, 0.25) is 5.02 Å². The van der Waals surface area contributed by atoms with Crippen molar-refractivity contribution in [3.8, 4) is 5.75 Å². The number of nitro benzene ring substituents is 1. The molecule has 10 nitrogen and oxygen atoms in total. The van der Waals surface area contributed by atoms with Crippen molar-refractivity contribution in [1.82, 2.24) is 4.90 Å². The Bertz CT molecular complexity index is 1420. The van der Waals surface area contributed by atoms with Gasteiger partial charge in [0.2, 0.25) is 5.91 Å². The van der Waals surface area contributed by atoms with Gasteiger partial charge in [-0.1, -0.05) is 29.8 Å². The molecule has 1 saturated heterocycles. The first-order valence-corrected chi connectivity index (χ1v) is 12.0. The molecule has 0 aromatic heterocycles. The van der Waals surface area contributed by atoms with Gasteiger partial charge in [-0.2, -0.15) is 0 Å². The zero-order valence-corrected chi connectivity index (χ0v) is 21.0. The second-order valence-electron chi connectivity index (χ2n) is 8.56. The van der Waals surface area contributed by atoms with Gasteiger partial charge >= 0.3 is 5.97 Å². The lowest BCUT2D eigenvalue weighted by Gasteiger charge is -2.28. The Hall–Kier alpha value is -4.57. The van der Waals surface area contributed by atoms with Crippen LogP contribution in [0.4, 0.5) is 11.4 Å². The lowest BCUT2D eigenvalue weighted by Crippen LogP contribution is -2.46. The van der Waals surface area contributed by atoms with Crippen molar-refractivity contribution < 1.29 is 28.8 Å². The van der Waals surface area contributed by atoms with Crippen LogP contribution in [0.1, 0.15) is 29.3 Å². The minimum Gasteiger partial charge on any atom is -0.427 e. The Morgan fingerprint density at radius 1 is 1.08 bits per heavy atom. The van der Waals surface area contributed by atoms with Crippen LogP contribution in [0.25, 0.3) is 0 Å². The van der Waals surface area contributed by atoms with Crippen LogP contribution in [0.3, 0.4) is 0 Å². The molecule has 11 heteroatoms. The van der Waals surface area contributed by atoms with Gasteiger partial charge in [0.25, 0.3) is 17.5 Å². The minimum absolute atomic E-state index is 0.0229. The van der Waals surface area contributed by atoms with E-state index in [4.69, 9.17) is 16.3 Å². The van der Waals surface area contributed by atoms with E-state index < -0.39 is 34.7 Å². The normalized spacial score (nSPS) is 14.9. The number of nitro groups is 1. The van der Waals surface area contributed by atoms with E-state index in [0.29, 0.717) is 11.4 Å². The number of ether oxygens (including phenoxy) is 1. The zero-order chi connectivity index (χ0) is 27.4. The molecule has 1 aliphatic heterocycles. The average molecular weight is 536 g/mol. The summed E-state index contributed by atoms with van der Waals surface area (Å²) >= 11 is 6.08. The van der Waals surface area contributed by atoms with Gasteiger partial charge in [-0.25, -0.2) is 4.90 Å². The van der Waals surface area contributed by atoms with Crippen LogP contribution in [0.5, 0.6) is 5.75 Å². The fourth-order valence-corrected chi connectivity index (χ4v) is 4.43. The molecule has 1 atom stereocenters. The van der Waals surface area contributed by atoms with Gasteiger partial charge in [-0.3, -0.25) is 29.3 Å². The van der Waals surface area contributed by atoms with Crippen molar-refractivity contribution in [2.24, 2.45) is 0 Å². The number of nitrogens with zero attached hydrogens (tertiary/aromatic N) is 3. The standard InChI is InChI=1S/C27H22ClN3O7/c1-17(32)38-23-10-8-21(9-11-23)30-25(33)16-24(27(30)35)29(13-12-18-4-2-6-20(28)14-18)26(34)19-5-3-7-22(15-19)31(36)37/h2-11,14-15,24H,12-13,16H2,1H3. The Morgan fingerprint density at radius 2 is 1.79 bits per heavy atom. The molecule has 0 aliphatic carbocycles. The highest BCUT2D eigenvalue weighted by Gasteiger charge is 2.44. The summed E-state index contributed by atoms with van der Waals surface area (Å²) in [6, 6.07) is 17.0. The number of imide groups is 1. The maximum atomic E-state index is 13.6. The van der Waals surface area contributed by atoms with E-state index in [1.807, 2.05) is 6.07 Å². The molecule has 3 aromatic rings. The number of hydrogen-bond acceptors (Lipinski definition) is 7. The molecule has 1 unspecified atom stereocenters. The molecule has 194 valence electrons. The summed E-state index contributed by atoms with van der Waals surface area (Å²) in [7, 11) is 0. The van der Waals surface area contributed by atoms with E-state index in [2.05, 4.69) is 0 Å². The molecule has 1 heterocycles. The molecule has 0 N–H and O–H groups in total. The number of hydrogen-bond donors (Lipinski definition) is 0. The molecule has 4 rings (SSSR count). The molecular formula is C27H22ClN3O7. The molecule has 3 amide bonds. The summed E-state index contributed by atoms with van der Waals surface area (Å²) in [5.41, 5.74) is 0.823. The van der Waals surface area contributed by atoms with Crippen molar-refractivity contribution in [3.05, 3.63) is 99.1 Å². The van der Waals surface area contributed by atoms with Gasteiger partial charge in [0.1, 0.15) is 11.8 Å². The highest BCUT2D eigenvalue weighted by molar-refractivity contribution is 6.30. The monoisotopic (exact) mass is 535 g/mol. The number of carbonyl (C=O) groups excluding carboxylic acids is 4. The number of benzene rings is 3. The van der Waals surface area contributed by atoms with Crippen LogP contribution in [0, 0.1) is 10.1 Å². The first-order chi connectivity index (χ1) is 18.1. The number of carbonyl (C=O) groups is 4. The topological polar surface area (TPSA) is 127 Å². The summed E-state index contributed by atoms with van der Waals surface area (Å²) in [5.74, 6) is -2.00. The van der Waals surface area contributed by atoms with Crippen LogP contribution in [0.15, 0.2) is 72.8 Å². The molecular weight excluding hydrogens is 514 g/mol. The third kappa shape index (κ3) is 5.87. The molecule has 0 radical (unpaired) electrons. The quantitative estimate of drug-likeness (QED) is 0.139. The first-order valence-electron chi connectivity index (χ1n) is 11.6. The molecule has 0 bridgehead atoms. The number of non-ortho nitro benzene ring substituents is 1. The highest BCUT2D eigenvalue weighted by Crippen LogP contribution is 2.29. The molecule has 0 spiro atoms. The number of halogens is 1. The minimum atomic E-state index is -1.12. The second kappa shape index (κ2) is 11.2. The maximum absolute atomic E-state index is 13.6. The van der Waals surface area contributed by atoms with Gasteiger partial charge < -0.3 is 9.64 Å². The van der Waals surface area contributed by atoms with Gasteiger partial charge in [-0.15, -0.1) is 0 Å². The smallest absolute Gasteiger partial charge is 0.308 e. The predicted octanol–water partition coefficient (Wildman–Crippen LogP) is 4.19. The lowest BCUT2D eigenvalue weighted by molar-refractivity contribution is -0.384. The Balaban J connectivity index is 1.64. The third-order valence-corrected chi connectivity index (χ3v) is 6.19. The van der Waals surface area contributed by atoms with Crippen molar-refractivity contribution >= 4 is 46.7 Å². The lowest BCUT2D eigenvalue weighted by atomic mass is 10.1. The predicted molar refractivity (Wildman–Crippen MR) is 138 cm³/mol. The molecule has 38 heavy (non-hydrogen) atoms. The molecule has 0 saturated carbocycles. The molecule has 3 aromatic carbocycles. The number of anilines is 1. The Morgan fingerprint density at radius 3 is 2.45 bits per heavy atom. The van der Waals surface area contributed by atoms with E-state index in [-0.39, 0.29) is 35.7 Å². The van der Waals surface area contributed by atoms with Crippen molar-refractivity contribution in [3.63, 3.8) is 0 Å². The summed E-state index contributed by atoms with van der Waals surface area (Å²) in [6.07, 6.45) is 0.0665. The zero-order valence-electron chi connectivity index (χ0n) is 20.2. The van der Waals surface area contributed by atoms with E-state index in [1.54, 1.807) is 18.2 Å². The van der Waals surface area contributed by atoms with Gasteiger partial charge in [0.15, 0.2) is 0 Å². The summed E-state index contributed by atoms with van der Waals surface area (Å²) in [5, 5.41) is 11.8. The van der Waals surface area contributed by atoms with Gasteiger partial charge in [-0.05, 0) is 54.4 Å². The first kappa shape index (κ1) is 26.5. The average Bonchev–Trinajstić information content (AvgIpc) is 3.17. The van der Waals surface area contributed by atoms with Gasteiger partial charge in [0, 0.05) is 36.2 Å². The molecule has 1 fully saturated rings. The van der Waals surface area contributed by atoms with E-state index in [0.717, 1.165) is 16.5 Å². The largest absolute Gasteiger partial charge is 0.427 e. The van der Waals surface area contributed by atoms with Crippen LogP contribution < -0.4 is 9.64 Å². The molecule has 1 aliphatic rings. The Labute approximate surface area is 222 Å².